The Morgan fingerprint density at radius 2 is 1.20 bits per heavy atom. The van der Waals surface area contributed by atoms with Gasteiger partial charge in [-0.25, -0.2) is 0 Å². The first kappa shape index (κ1) is 14.9. The van der Waals surface area contributed by atoms with E-state index < -0.39 is 23.2 Å². The Bertz CT molecular complexity index is 501. The Balaban J connectivity index is 2.39. The number of rotatable bonds is 4. The van der Waals surface area contributed by atoms with Crippen LogP contribution >= 0.6 is 12.0 Å². The third kappa shape index (κ3) is 3.55. The van der Waals surface area contributed by atoms with Crippen molar-refractivity contribution in [1.82, 2.24) is 0 Å². The van der Waals surface area contributed by atoms with Crippen molar-refractivity contribution in [3.63, 3.8) is 0 Å². The molecule has 0 fully saturated rings. The van der Waals surface area contributed by atoms with Crippen LogP contribution in [0.25, 0.3) is 0 Å². The smallest absolute Gasteiger partial charge is 0.292 e. The number of hydrogen-bond donors (Lipinski definition) is 0. The average molecular weight is 298 g/mol. The van der Waals surface area contributed by atoms with Gasteiger partial charge in [-0.2, -0.15) is 13.2 Å². The second-order valence-electron chi connectivity index (χ2n) is 4.38. The van der Waals surface area contributed by atoms with E-state index in [0.717, 1.165) is 0 Å². The fraction of sp³-hybridized carbons (Fsp3) is 0.200. The van der Waals surface area contributed by atoms with Crippen LogP contribution in [0.2, 0.25) is 0 Å². The van der Waals surface area contributed by atoms with E-state index in [2.05, 4.69) is 0 Å². The van der Waals surface area contributed by atoms with Crippen LogP contribution in [0.1, 0.15) is 18.1 Å². The first-order chi connectivity index (χ1) is 9.42. The van der Waals surface area contributed by atoms with Gasteiger partial charge in [0, 0.05) is 0 Å². The van der Waals surface area contributed by atoms with Crippen molar-refractivity contribution in [2.45, 2.75) is 18.0 Å². The van der Waals surface area contributed by atoms with E-state index in [0.29, 0.717) is 11.1 Å². The van der Waals surface area contributed by atoms with Gasteiger partial charge in [-0.15, -0.1) is 0 Å². The summed E-state index contributed by atoms with van der Waals surface area (Å²) in [6.07, 6.45) is 0. The first-order valence-electron chi connectivity index (χ1n) is 5.96. The summed E-state index contributed by atoms with van der Waals surface area (Å²) in [7, 11) is 0. The Hall–Kier alpha value is -1.46. The molecule has 20 heavy (non-hydrogen) atoms. The van der Waals surface area contributed by atoms with Crippen LogP contribution < -0.4 is 0 Å². The molecule has 0 aromatic heterocycles. The summed E-state index contributed by atoms with van der Waals surface area (Å²) < 4.78 is 42.5. The van der Waals surface area contributed by atoms with Crippen molar-refractivity contribution >= 4 is 12.0 Å². The average Bonchev–Trinajstić information content (AvgIpc) is 2.46. The second-order valence-corrected chi connectivity index (χ2v) is 5.17. The SMILES string of the molecule is CC(OSC(F)(F)F)(c1ccccc1)c1ccccc1. The third-order valence-electron chi connectivity index (χ3n) is 2.95. The summed E-state index contributed by atoms with van der Waals surface area (Å²) in [5.41, 5.74) is -4.26. The fourth-order valence-electron chi connectivity index (χ4n) is 1.91. The standard InChI is InChI=1S/C15H13F3OS/c1-14(19-20-15(16,17)18,12-8-4-2-5-9-12)13-10-6-3-7-11-13/h2-11H,1H3. The summed E-state index contributed by atoms with van der Waals surface area (Å²) in [4.78, 5) is 0. The molecule has 2 rings (SSSR count). The molecular formula is C15H13F3OS. The molecule has 2 aromatic rings. The lowest BCUT2D eigenvalue weighted by Gasteiger charge is -2.30. The van der Waals surface area contributed by atoms with E-state index in [4.69, 9.17) is 4.18 Å². The summed E-state index contributed by atoms with van der Waals surface area (Å²) in [6.45, 7) is 1.64. The van der Waals surface area contributed by atoms with Crippen LogP contribution in [-0.4, -0.2) is 5.51 Å². The highest BCUT2D eigenvalue weighted by molar-refractivity contribution is 7.95. The highest BCUT2D eigenvalue weighted by atomic mass is 32.2. The second kappa shape index (κ2) is 5.89. The molecule has 1 nitrogen and oxygen atoms in total. The molecule has 0 spiro atoms. The molecule has 0 aliphatic heterocycles. The molecule has 0 N–H and O–H groups in total. The monoisotopic (exact) mass is 298 g/mol. The molecule has 2 aromatic carbocycles. The van der Waals surface area contributed by atoms with Crippen LogP contribution in [0.3, 0.4) is 0 Å². The van der Waals surface area contributed by atoms with Crippen molar-refractivity contribution in [2.24, 2.45) is 0 Å². The molecule has 0 aliphatic rings. The van der Waals surface area contributed by atoms with Crippen LogP contribution in [0, 0.1) is 0 Å². The van der Waals surface area contributed by atoms with E-state index in [1.165, 1.54) is 0 Å². The summed E-state index contributed by atoms with van der Waals surface area (Å²) in [6, 6.07) is 17.7. The third-order valence-corrected chi connectivity index (χ3v) is 3.56. The van der Waals surface area contributed by atoms with E-state index in [1.807, 2.05) is 12.1 Å². The molecule has 0 atom stereocenters. The van der Waals surface area contributed by atoms with Crippen LogP contribution in [0.4, 0.5) is 13.2 Å². The van der Waals surface area contributed by atoms with Gasteiger partial charge in [0.05, 0.1) is 0 Å². The van der Waals surface area contributed by atoms with Crippen molar-refractivity contribution in [3.05, 3.63) is 71.8 Å². The Kier molecular flexibility index (Phi) is 4.40. The van der Waals surface area contributed by atoms with Gasteiger partial charge >= 0.3 is 5.51 Å². The number of hydrogen-bond acceptors (Lipinski definition) is 2. The Morgan fingerprint density at radius 3 is 1.55 bits per heavy atom. The molecule has 0 saturated carbocycles. The van der Waals surface area contributed by atoms with Gasteiger partial charge in [0.2, 0.25) is 0 Å². The Labute approximate surface area is 120 Å². The molecule has 0 unspecified atom stereocenters. The lowest BCUT2D eigenvalue weighted by atomic mass is 9.88. The lowest BCUT2D eigenvalue weighted by molar-refractivity contribution is -0.0446. The maximum atomic E-state index is 12.5. The minimum absolute atomic E-state index is 0.470. The zero-order valence-electron chi connectivity index (χ0n) is 10.7. The van der Waals surface area contributed by atoms with Gasteiger partial charge in [0.15, 0.2) is 0 Å². The molecule has 0 heterocycles. The van der Waals surface area contributed by atoms with Gasteiger partial charge in [-0.1, -0.05) is 60.7 Å². The maximum Gasteiger partial charge on any atom is 0.468 e. The molecule has 0 bridgehead atoms. The molecule has 106 valence electrons. The molecule has 0 radical (unpaired) electrons. The molecule has 0 aliphatic carbocycles. The van der Waals surface area contributed by atoms with E-state index >= 15 is 0 Å². The Morgan fingerprint density at radius 1 is 0.800 bits per heavy atom. The largest absolute Gasteiger partial charge is 0.468 e. The van der Waals surface area contributed by atoms with Crippen LogP contribution in [0.5, 0.6) is 0 Å². The zero-order chi connectivity index (χ0) is 14.6. The van der Waals surface area contributed by atoms with Crippen molar-refractivity contribution in [3.8, 4) is 0 Å². The van der Waals surface area contributed by atoms with Gasteiger partial charge in [0.25, 0.3) is 0 Å². The van der Waals surface area contributed by atoms with Gasteiger partial charge < -0.3 is 0 Å². The molecule has 0 amide bonds. The fourth-order valence-corrected chi connectivity index (χ4v) is 2.36. The molecular weight excluding hydrogens is 285 g/mol. The van der Waals surface area contributed by atoms with Gasteiger partial charge in [-0.3, -0.25) is 4.18 Å². The van der Waals surface area contributed by atoms with Crippen LogP contribution in [-0.2, 0) is 9.78 Å². The van der Waals surface area contributed by atoms with E-state index in [-0.39, 0.29) is 0 Å². The maximum absolute atomic E-state index is 12.5. The lowest BCUT2D eigenvalue weighted by Crippen LogP contribution is -2.26. The van der Waals surface area contributed by atoms with Crippen molar-refractivity contribution in [1.29, 1.82) is 0 Å². The first-order valence-corrected chi connectivity index (χ1v) is 6.70. The predicted molar refractivity (Wildman–Crippen MR) is 74.1 cm³/mol. The molecule has 0 saturated heterocycles. The highest BCUT2D eigenvalue weighted by Crippen LogP contribution is 2.42. The van der Waals surface area contributed by atoms with Crippen molar-refractivity contribution in [2.75, 3.05) is 0 Å². The highest BCUT2D eigenvalue weighted by Gasteiger charge is 2.38. The number of alkyl halides is 3. The minimum Gasteiger partial charge on any atom is -0.292 e. The van der Waals surface area contributed by atoms with Gasteiger partial charge in [0.1, 0.15) is 17.6 Å². The number of benzene rings is 2. The van der Waals surface area contributed by atoms with E-state index in [1.54, 1.807) is 55.5 Å². The summed E-state index contributed by atoms with van der Waals surface area (Å²) in [5, 5.41) is 0. The van der Waals surface area contributed by atoms with Crippen LogP contribution in [0.15, 0.2) is 60.7 Å². The number of halogens is 3. The van der Waals surface area contributed by atoms with Crippen molar-refractivity contribution < 1.29 is 17.4 Å². The predicted octanol–water partition coefficient (Wildman–Crippen LogP) is 5.13. The van der Waals surface area contributed by atoms with E-state index in [9.17, 15) is 13.2 Å². The summed E-state index contributed by atoms with van der Waals surface area (Å²) >= 11 is -0.470. The molecule has 5 heteroatoms. The topological polar surface area (TPSA) is 9.23 Å². The zero-order valence-corrected chi connectivity index (χ0v) is 11.5. The normalized spacial score (nSPS) is 12.4. The summed E-state index contributed by atoms with van der Waals surface area (Å²) in [5.74, 6) is 0. The quantitative estimate of drug-likeness (QED) is 0.723. The minimum atomic E-state index is -4.44. The van der Waals surface area contributed by atoms with Gasteiger partial charge in [-0.05, 0) is 18.1 Å².